The highest BCUT2D eigenvalue weighted by molar-refractivity contribution is 5.90. The molecule has 0 saturated heterocycles. The summed E-state index contributed by atoms with van der Waals surface area (Å²) in [5.74, 6) is -1.50. The molecule has 0 spiro atoms. The lowest BCUT2D eigenvalue weighted by Crippen LogP contribution is -2.14. The van der Waals surface area contributed by atoms with Gasteiger partial charge in [0.25, 0.3) is 0 Å². The first-order chi connectivity index (χ1) is 19.3. The summed E-state index contributed by atoms with van der Waals surface area (Å²) < 4.78 is 21.6. The van der Waals surface area contributed by atoms with E-state index in [4.69, 9.17) is 29.2 Å². The molecule has 0 aliphatic carbocycles. The summed E-state index contributed by atoms with van der Waals surface area (Å²) in [6.07, 6.45) is 0. The van der Waals surface area contributed by atoms with Crippen LogP contribution in [0.4, 0.5) is 0 Å². The van der Waals surface area contributed by atoms with Crippen LogP contribution < -0.4 is 9.47 Å². The van der Waals surface area contributed by atoms with Gasteiger partial charge in [-0.1, -0.05) is 0 Å². The highest BCUT2D eigenvalue weighted by atomic mass is 16.6. The van der Waals surface area contributed by atoms with E-state index in [1.807, 2.05) is 0 Å². The molecular weight excluding hydrogens is 520 g/mol. The van der Waals surface area contributed by atoms with Gasteiger partial charge in [-0.25, -0.2) is 19.2 Å². The molecule has 0 aliphatic rings. The van der Waals surface area contributed by atoms with Crippen LogP contribution in [0.3, 0.4) is 0 Å². The summed E-state index contributed by atoms with van der Waals surface area (Å²) in [4.78, 5) is 46.4. The van der Waals surface area contributed by atoms with Crippen molar-refractivity contribution >= 4 is 23.9 Å². The molecule has 202 valence electrons. The van der Waals surface area contributed by atoms with E-state index in [1.165, 1.54) is 72.8 Å². The van der Waals surface area contributed by atoms with Crippen molar-refractivity contribution in [2.75, 3.05) is 13.2 Å². The first-order valence-corrected chi connectivity index (χ1v) is 11.9. The fourth-order valence-electron chi connectivity index (χ4n) is 3.36. The van der Waals surface area contributed by atoms with E-state index in [9.17, 15) is 19.2 Å². The molecule has 40 heavy (non-hydrogen) atoms. The van der Waals surface area contributed by atoms with Crippen molar-refractivity contribution < 1.29 is 48.3 Å². The van der Waals surface area contributed by atoms with Gasteiger partial charge in [0.2, 0.25) is 0 Å². The van der Waals surface area contributed by atoms with Crippen LogP contribution in [0.2, 0.25) is 0 Å². The molecule has 0 fully saturated rings. The summed E-state index contributed by atoms with van der Waals surface area (Å²) in [5, 5.41) is 17.9. The van der Waals surface area contributed by atoms with Gasteiger partial charge in [-0.2, -0.15) is 0 Å². The zero-order valence-corrected chi connectivity index (χ0v) is 20.8. The third-order valence-electron chi connectivity index (χ3n) is 5.40. The number of carboxylic acid groups (broad SMARTS) is 2. The molecule has 0 bridgehead atoms. The monoisotopic (exact) mass is 542 g/mol. The molecule has 2 N–H and O–H groups in total. The first kappa shape index (κ1) is 27.4. The maximum atomic E-state index is 12.3. The topological polar surface area (TPSA) is 146 Å². The number of esters is 2. The highest BCUT2D eigenvalue weighted by Gasteiger charge is 2.11. The summed E-state index contributed by atoms with van der Waals surface area (Å²) in [6.45, 7) is -0.293. The SMILES string of the molecule is O=C(O)c1ccc(Oc2ccc(C(=O)OCCOC(=O)c3ccc(Oc4ccc(C(=O)O)cc4)cc3)cc2)cc1. The minimum Gasteiger partial charge on any atom is -0.478 e. The lowest BCUT2D eigenvalue weighted by atomic mass is 10.2. The molecule has 10 heteroatoms. The Hall–Kier alpha value is -5.64. The average molecular weight is 542 g/mol. The third kappa shape index (κ3) is 7.45. The maximum Gasteiger partial charge on any atom is 0.338 e. The lowest BCUT2D eigenvalue weighted by molar-refractivity contribution is 0.0265. The second kappa shape index (κ2) is 12.7. The van der Waals surface area contributed by atoms with Gasteiger partial charge in [0, 0.05) is 0 Å². The molecule has 0 saturated carbocycles. The summed E-state index contributed by atoms with van der Waals surface area (Å²) >= 11 is 0. The van der Waals surface area contributed by atoms with Gasteiger partial charge in [-0.05, 0) is 97.1 Å². The molecular formula is C30H22O10. The summed E-state index contributed by atoms with van der Waals surface area (Å²) in [5.41, 5.74) is 0.825. The molecule has 4 rings (SSSR count). The Balaban J connectivity index is 1.19. The second-order valence-electron chi connectivity index (χ2n) is 8.18. The number of carbonyl (C=O) groups is 4. The van der Waals surface area contributed by atoms with Crippen molar-refractivity contribution in [1.82, 2.24) is 0 Å². The van der Waals surface area contributed by atoms with Crippen molar-refractivity contribution in [3.05, 3.63) is 119 Å². The van der Waals surface area contributed by atoms with Crippen LogP contribution in [0.5, 0.6) is 23.0 Å². The maximum absolute atomic E-state index is 12.3. The van der Waals surface area contributed by atoms with Crippen molar-refractivity contribution in [3.8, 4) is 23.0 Å². The quantitative estimate of drug-likeness (QED) is 0.179. The van der Waals surface area contributed by atoms with E-state index in [1.54, 1.807) is 24.3 Å². The van der Waals surface area contributed by atoms with Crippen molar-refractivity contribution in [1.29, 1.82) is 0 Å². The van der Waals surface area contributed by atoms with E-state index in [0.29, 0.717) is 23.0 Å². The minimum absolute atomic E-state index is 0.141. The fourth-order valence-corrected chi connectivity index (χ4v) is 3.36. The molecule has 0 amide bonds. The van der Waals surface area contributed by atoms with E-state index < -0.39 is 23.9 Å². The number of hydrogen-bond acceptors (Lipinski definition) is 8. The molecule has 10 nitrogen and oxygen atoms in total. The molecule has 0 unspecified atom stereocenters. The Morgan fingerprint density at radius 2 is 0.675 bits per heavy atom. The van der Waals surface area contributed by atoms with E-state index in [0.717, 1.165) is 0 Å². The van der Waals surface area contributed by atoms with Crippen LogP contribution in [0.25, 0.3) is 0 Å². The van der Waals surface area contributed by atoms with Gasteiger partial charge in [0.1, 0.15) is 36.2 Å². The number of rotatable bonds is 11. The van der Waals surface area contributed by atoms with Crippen molar-refractivity contribution in [2.45, 2.75) is 0 Å². The van der Waals surface area contributed by atoms with Gasteiger partial charge >= 0.3 is 23.9 Å². The molecule has 4 aromatic rings. The van der Waals surface area contributed by atoms with Gasteiger partial charge in [-0.3, -0.25) is 0 Å². The van der Waals surface area contributed by atoms with Gasteiger partial charge in [0.05, 0.1) is 22.3 Å². The van der Waals surface area contributed by atoms with Crippen molar-refractivity contribution in [2.24, 2.45) is 0 Å². The van der Waals surface area contributed by atoms with Crippen LogP contribution in [0, 0.1) is 0 Å². The smallest absolute Gasteiger partial charge is 0.338 e. The Morgan fingerprint density at radius 3 is 0.925 bits per heavy atom. The Labute approximate surface area is 227 Å². The van der Waals surface area contributed by atoms with Crippen LogP contribution in [-0.4, -0.2) is 47.3 Å². The normalized spacial score (nSPS) is 10.3. The molecule has 0 radical (unpaired) electrons. The summed E-state index contributed by atoms with van der Waals surface area (Å²) in [7, 11) is 0. The average Bonchev–Trinajstić information content (AvgIpc) is 2.96. The van der Waals surface area contributed by atoms with Gasteiger partial charge in [0.15, 0.2) is 0 Å². The first-order valence-electron chi connectivity index (χ1n) is 11.9. The number of hydrogen-bond donors (Lipinski definition) is 2. The molecule has 0 aromatic heterocycles. The molecule has 4 aromatic carbocycles. The van der Waals surface area contributed by atoms with E-state index in [-0.39, 0.29) is 35.5 Å². The number of ether oxygens (including phenoxy) is 4. The van der Waals surface area contributed by atoms with Gasteiger partial charge < -0.3 is 29.2 Å². The van der Waals surface area contributed by atoms with E-state index >= 15 is 0 Å². The fraction of sp³-hybridized carbons (Fsp3) is 0.0667. The third-order valence-corrected chi connectivity index (χ3v) is 5.40. The standard InChI is InChI=1S/C30H22O10/c31-27(32)19-1-9-23(10-2-19)39-25-13-5-21(6-14-25)29(35)37-17-18-38-30(36)22-7-15-26(16-8-22)40-24-11-3-20(4-12-24)28(33)34/h1-16H,17-18H2,(H,31,32)(H,33,34). The zero-order valence-electron chi connectivity index (χ0n) is 20.8. The number of aromatic carboxylic acids is 2. The van der Waals surface area contributed by atoms with Gasteiger partial charge in [-0.15, -0.1) is 0 Å². The molecule has 0 atom stereocenters. The predicted octanol–water partition coefficient (Wildman–Crippen LogP) is 5.68. The summed E-state index contributed by atoms with van der Waals surface area (Å²) in [6, 6.07) is 24.1. The Kier molecular flexibility index (Phi) is 8.73. The van der Waals surface area contributed by atoms with Crippen LogP contribution in [0.1, 0.15) is 41.4 Å². The number of carboxylic acids is 2. The highest BCUT2D eigenvalue weighted by Crippen LogP contribution is 2.24. The van der Waals surface area contributed by atoms with Crippen LogP contribution >= 0.6 is 0 Å². The lowest BCUT2D eigenvalue weighted by Gasteiger charge is -2.09. The second-order valence-corrected chi connectivity index (χ2v) is 8.18. The van der Waals surface area contributed by atoms with Crippen LogP contribution in [0.15, 0.2) is 97.1 Å². The molecule has 0 heterocycles. The largest absolute Gasteiger partial charge is 0.478 e. The number of benzene rings is 4. The Bertz CT molecular complexity index is 1370. The van der Waals surface area contributed by atoms with E-state index in [2.05, 4.69) is 0 Å². The Morgan fingerprint density at radius 1 is 0.425 bits per heavy atom. The van der Waals surface area contributed by atoms with Crippen LogP contribution in [-0.2, 0) is 9.47 Å². The number of carbonyl (C=O) groups excluding carboxylic acids is 2. The predicted molar refractivity (Wildman–Crippen MR) is 140 cm³/mol. The minimum atomic E-state index is -1.03. The van der Waals surface area contributed by atoms with Crippen molar-refractivity contribution in [3.63, 3.8) is 0 Å². The molecule has 0 aliphatic heterocycles. The zero-order chi connectivity index (χ0) is 28.5.